The maximum absolute atomic E-state index is 3.80. The van der Waals surface area contributed by atoms with Crippen LogP contribution in [0.15, 0.2) is 0 Å². The summed E-state index contributed by atoms with van der Waals surface area (Å²) in [5.41, 5.74) is 0. The molecule has 2 N–H and O–H groups in total. The van der Waals surface area contributed by atoms with Crippen LogP contribution in [0.1, 0.15) is 51.4 Å². The maximum atomic E-state index is 3.80. The van der Waals surface area contributed by atoms with Gasteiger partial charge in [0.1, 0.15) is 0 Å². The molecule has 2 fully saturated rings. The molecule has 2 nitrogen and oxygen atoms in total. The SMILES string of the molecule is C1CCCC(NCC2CCNCC2)CC1. The van der Waals surface area contributed by atoms with Gasteiger partial charge in [-0.1, -0.05) is 25.7 Å². The van der Waals surface area contributed by atoms with Gasteiger partial charge in [-0.05, 0) is 51.2 Å². The molecule has 2 heteroatoms. The average Bonchev–Trinajstić information content (AvgIpc) is 2.56. The average molecular weight is 210 g/mol. The Hall–Kier alpha value is -0.0800. The molecular formula is C13H26N2. The second-order valence-electron chi connectivity index (χ2n) is 5.29. The molecule has 0 aromatic carbocycles. The minimum Gasteiger partial charge on any atom is -0.317 e. The molecule has 88 valence electrons. The smallest absolute Gasteiger partial charge is 0.00671 e. The standard InChI is InChI=1S/C13H26N2/c1-2-4-6-13(5-3-1)15-11-12-7-9-14-10-8-12/h12-15H,1-11H2. The van der Waals surface area contributed by atoms with Crippen molar-refractivity contribution in [3.05, 3.63) is 0 Å². The molecule has 0 atom stereocenters. The minimum absolute atomic E-state index is 0.836. The first kappa shape index (κ1) is 11.4. The molecule has 1 aliphatic heterocycles. The molecule has 1 saturated carbocycles. The Labute approximate surface area is 94.2 Å². The van der Waals surface area contributed by atoms with Gasteiger partial charge in [-0.25, -0.2) is 0 Å². The zero-order valence-electron chi connectivity index (χ0n) is 9.93. The summed E-state index contributed by atoms with van der Waals surface area (Å²) in [6.45, 7) is 3.74. The lowest BCUT2D eigenvalue weighted by Gasteiger charge is -2.25. The van der Waals surface area contributed by atoms with Crippen molar-refractivity contribution >= 4 is 0 Å². The lowest BCUT2D eigenvalue weighted by Crippen LogP contribution is -2.37. The molecular weight excluding hydrogens is 184 g/mol. The summed E-state index contributed by atoms with van der Waals surface area (Å²) < 4.78 is 0. The highest BCUT2D eigenvalue weighted by molar-refractivity contribution is 4.75. The number of hydrogen-bond acceptors (Lipinski definition) is 2. The zero-order chi connectivity index (χ0) is 10.3. The van der Waals surface area contributed by atoms with E-state index in [9.17, 15) is 0 Å². The molecule has 1 heterocycles. The van der Waals surface area contributed by atoms with Gasteiger partial charge in [-0.3, -0.25) is 0 Å². The fourth-order valence-corrected chi connectivity index (χ4v) is 2.90. The van der Waals surface area contributed by atoms with Crippen LogP contribution >= 0.6 is 0 Å². The van der Waals surface area contributed by atoms with Crippen LogP contribution in [0.4, 0.5) is 0 Å². The highest BCUT2D eigenvalue weighted by Gasteiger charge is 2.16. The van der Waals surface area contributed by atoms with E-state index in [1.54, 1.807) is 0 Å². The molecule has 0 bridgehead atoms. The van der Waals surface area contributed by atoms with E-state index in [1.807, 2.05) is 0 Å². The molecule has 0 spiro atoms. The van der Waals surface area contributed by atoms with Crippen LogP contribution < -0.4 is 10.6 Å². The lowest BCUT2D eigenvalue weighted by molar-refractivity contribution is 0.330. The van der Waals surface area contributed by atoms with Crippen LogP contribution in [0.3, 0.4) is 0 Å². The van der Waals surface area contributed by atoms with Gasteiger partial charge >= 0.3 is 0 Å². The summed E-state index contributed by atoms with van der Waals surface area (Å²) in [4.78, 5) is 0. The first-order valence-corrected chi connectivity index (χ1v) is 6.89. The van der Waals surface area contributed by atoms with Gasteiger partial charge in [-0.2, -0.15) is 0 Å². The number of hydrogen-bond donors (Lipinski definition) is 2. The van der Waals surface area contributed by atoms with Gasteiger partial charge in [0.25, 0.3) is 0 Å². The minimum atomic E-state index is 0.836. The third-order valence-electron chi connectivity index (χ3n) is 4.01. The molecule has 1 saturated heterocycles. The van der Waals surface area contributed by atoms with E-state index < -0.39 is 0 Å². The van der Waals surface area contributed by atoms with Gasteiger partial charge in [0.2, 0.25) is 0 Å². The van der Waals surface area contributed by atoms with E-state index in [2.05, 4.69) is 10.6 Å². The van der Waals surface area contributed by atoms with E-state index in [-0.39, 0.29) is 0 Å². The van der Waals surface area contributed by atoms with Gasteiger partial charge in [0, 0.05) is 6.04 Å². The maximum Gasteiger partial charge on any atom is 0.00671 e. The van der Waals surface area contributed by atoms with E-state index >= 15 is 0 Å². The molecule has 1 aliphatic carbocycles. The van der Waals surface area contributed by atoms with Gasteiger partial charge in [0.15, 0.2) is 0 Å². The summed E-state index contributed by atoms with van der Waals surface area (Å²) >= 11 is 0. The Kier molecular flexibility index (Phi) is 4.94. The first-order chi connectivity index (χ1) is 7.45. The summed E-state index contributed by atoms with van der Waals surface area (Å²) in [6.07, 6.45) is 11.4. The molecule has 2 rings (SSSR count). The molecule has 15 heavy (non-hydrogen) atoms. The summed E-state index contributed by atoms with van der Waals surface area (Å²) in [5.74, 6) is 0.939. The van der Waals surface area contributed by atoms with Gasteiger partial charge < -0.3 is 10.6 Å². The Morgan fingerprint density at radius 2 is 1.53 bits per heavy atom. The van der Waals surface area contributed by atoms with Gasteiger partial charge in [-0.15, -0.1) is 0 Å². The predicted molar refractivity (Wildman–Crippen MR) is 65.1 cm³/mol. The molecule has 0 aromatic heterocycles. The first-order valence-electron chi connectivity index (χ1n) is 6.89. The van der Waals surface area contributed by atoms with Crippen molar-refractivity contribution in [3.63, 3.8) is 0 Å². The third kappa shape index (κ3) is 4.12. The van der Waals surface area contributed by atoms with Gasteiger partial charge in [0.05, 0.1) is 0 Å². The predicted octanol–water partition coefficient (Wildman–Crippen LogP) is 2.30. The summed E-state index contributed by atoms with van der Waals surface area (Å²) in [7, 11) is 0. The van der Waals surface area contributed by atoms with E-state index in [0.29, 0.717) is 0 Å². The van der Waals surface area contributed by atoms with Crippen LogP contribution in [0.5, 0.6) is 0 Å². The van der Waals surface area contributed by atoms with Crippen LogP contribution in [0.25, 0.3) is 0 Å². The zero-order valence-corrected chi connectivity index (χ0v) is 9.93. The second kappa shape index (κ2) is 6.49. The van der Waals surface area contributed by atoms with Crippen LogP contribution in [0.2, 0.25) is 0 Å². The van der Waals surface area contributed by atoms with Crippen LogP contribution in [0, 0.1) is 5.92 Å². The monoisotopic (exact) mass is 210 g/mol. The van der Waals surface area contributed by atoms with Crippen LogP contribution in [-0.2, 0) is 0 Å². The third-order valence-corrected chi connectivity index (χ3v) is 4.01. The summed E-state index contributed by atoms with van der Waals surface area (Å²) in [6, 6.07) is 0.836. The normalized spacial score (nSPS) is 26.4. The largest absolute Gasteiger partial charge is 0.317 e. The van der Waals surface area contributed by atoms with E-state index in [0.717, 1.165) is 12.0 Å². The summed E-state index contributed by atoms with van der Waals surface area (Å²) in [5, 5.41) is 7.24. The molecule has 0 aromatic rings. The molecule has 0 unspecified atom stereocenters. The Morgan fingerprint density at radius 1 is 0.867 bits per heavy atom. The lowest BCUT2D eigenvalue weighted by atomic mass is 9.97. The van der Waals surface area contributed by atoms with Crippen molar-refractivity contribution in [1.82, 2.24) is 10.6 Å². The fraction of sp³-hybridized carbons (Fsp3) is 1.00. The Balaban J connectivity index is 1.62. The van der Waals surface area contributed by atoms with E-state index in [4.69, 9.17) is 0 Å². The topological polar surface area (TPSA) is 24.1 Å². The highest BCUT2D eigenvalue weighted by Crippen LogP contribution is 2.18. The number of rotatable bonds is 3. The fourth-order valence-electron chi connectivity index (χ4n) is 2.90. The molecule has 0 radical (unpaired) electrons. The molecule has 2 aliphatic rings. The Bertz CT molecular complexity index is 156. The number of nitrogens with one attached hydrogen (secondary N) is 2. The van der Waals surface area contributed by atoms with E-state index in [1.165, 1.54) is 71.0 Å². The van der Waals surface area contributed by atoms with Crippen molar-refractivity contribution < 1.29 is 0 Å². The Morgan fingerprint density at radius 3 is 2.20 bits per heavy atom. The van der Waals surface area contributed by atoms with Crippen molar-refractivity contribution in [3.8, 4) is 0 Å². The highest BCUT2D eigenvalue weighted by atomic mass is 14.9. The second-order valence-corrected chi connectivity index (χ2v) is 5.29. The quantitative estimate of drug-likeness (QED) is 0.698. The number of piperidine rings is 1. The van der Waals surface area contributed by atoms with Crippen molar-refractivity contribution in [1.29, 1.82) is 0 Å². The van der Waals surface area contributed by atoms with Crippen molar-refractivity contribution in [2.75, 3.05) is 19.6 Å². The molecule has 0 amide bonds. The van der Waals surface area contributed by atoms with Crippen molar-refractivity contribution in [2.45, 2.75) is 57.4 Å². The van der Waals surface area contributed by atoms with Crippen LogP contribution in [-0.4, -0.2) is 25.7 Å². The van der Waals surface area contributed by atoms with Crippen molar-refractivity contribution in [2.24, 2.45) is 5.92 Å².